The van der Waals surface area contributed by atoms with Crippen molar-refractivity contribution in [3.05, 3.63) is 23.8 Å². The number of fused-ring (bicyclic) bond motifs is 5. The van der Waals surface area contributed by atoms with Crippen molar-refractivity contribution in [2.75, 3.05) is 0 Å². The normalized spacial score (nSPS) is 45.3. The molecule has 9 nitrogen and oxygen atoms in total. The van der Waals surface area contributed by atoms with Crippen LogP contribution in [0.1, 0.15) is 81.6 Å². The van der Waals surface area contributed by atoms with E-state index in [0.717, 1.165) is 11.6 Å². The highest BCUT2D eigenvalue weighted by molar-refractivity contribution is 5.97. The Morgan fingerprint density at radius 2 is 1.61 bits per heavy atom. The van der Waals surface area contributed by atoms with Crippen molar-refractivity contribution >= 4 is 17.5 Å². The van der Waals surface area contributed by atoms with Gasteiger partial charge in [-0.15, -0.1) is 0 Å². The first kappa shape index (κ1) is 32.0. The lowest BCUT2D eigenvalue weighted by atomic mass is 9.38. The summed E-state index contributed by atoms with van der Waals surface area (Å²) in [5, 5.41) is 55.8. The SMILES string of the molecule is CC(=O)O[C@H]1[C@H]([C@@](C)(O)C(=O)/C=C/C(C)(C)O)[C@@]2(C)CC(=O)[C@@]3(C)[C@@H]4C[C@H](O)[C@@H](O)C(C)(C)C4=CC[C@H]3[C@]2(C)[C@H]1O. The molecule has 9 heteroatoms. The van der Waals surface area contributed by atoms with Gasteiger partial charge in [-0.05, 0) is 56.9 Å². The van der Waals surface area contributed by atoms with Crippen LogP contribution in [0, 0.1) is 39.4 Å². The van der Waals surface area contributed by atoms with Gasteiger partial charge in [0, 0.05) is 35.5 Å². The maximum absolute atomic E-state index is 14.5. The topological polar surface area (TPSA) is 162 Å². The van der Waals surface area contributed by atoms with Gasteiger partial charge >= 0.3 is 5.97 Å². The van der Waals surface area contributed by atoms with E-state index in [4.69, 9.17) is 4.74 Å². The molecule has 4 aliphatic rings. The lowest BCUT2D eigenvalue weighted by Gasteiger charge is -2.65. The average Bonchev–Trinajstić information content (AvgIpc) is 2.99. The summed E-state index contributed by atoms with van der Waals surface area (Å²) in [5.41, 5.74) is -6.64. The van der Waals surface area contributed by atoms with Crippen LogP contribution in [-0.4, -0.2) is 78.7 Å². The molecule has 41 heavy (non-hydrogen) atoms. The summed E-state index contributed by atoms with van der Waals surface area (Å²) < 4.78 is 5.68. The molecule has 0 spiro atoms. The molecule has 0 heterocycles. The minimum absolute atomic E-state index is 0.0997. The number of carbonyl (C=O) groups excluding carboxylic acids is 3. The van der Waals surface area contributed by atoms with Crippen LogP contribution in [0.3, 0.4) is 0 Å². The molecule has 3 saturated carbocycles. The molecule has 230 valence electrons. The van der Waals surface area contributed by atoms with Crippen molar-refractivity contribution in [3.63, 3.8) is 0 Å². The van der Waals surface area contributed by atoms with Crippen LogP contribution >= 0.6 is 0 Å². The fourth-order valence-corrected chi connectivity index (χ4v) is 9.41. The quantitative estimate of drug-likeness (QED) is 0.188. The van der Waals surface area contributed by atoms with E-state index >= 15 is 0 Å². The first-order valence-electron chi connectivity index (χ1n) is 14.6. The zero-order valence-electron chi connectivity index (χ0n) is 25.8. The summed E-state index contributed by atoms with van der Waals surface area (Å²) >= 11 is 0. The number of ether oxygens (including phenoxy) is 1. The second kappa shape index (κ2) is 9.55. The van der Waals surface area contributed by atoms with E-state index < -0.39 is 80.9 Å². The van der Waals surface area contributed by atoms with E-state index in [9.17, 15) is 39.9 Å². The maximum Gasteiger partial charge on any atom is 0.303 e. The monoisotopic (exact) mass is 576 g/mol. The van der Waals surface area contributed by atoms with Crippen LogP contribution in [0.5, 0.6) is 0 Å². The van der Waals surface area contributed by atoms with Gasteiger partial charge in [-0.2, -0.15) is 0 Å². The second-order valence-electron chi connectivity index (χ2n) is 15.0. The lowest BCUT2D eigenvalue weighted by molar-refractivity contribution is -0.195. The first-order valence-corrected chi connectivity index (χ1v) is 14.6. The van der Waals surface area contributed by atoms with Crippen LogP contribution in [-0.2, 0) is 19.1 Å². The highest BCUT2D eigenvalue weighted by Gasteiger charge is 2.78. The molecule has 11 atom stereocenters. The van der Waals surface area contributed by atoms with Crippen LogP contribution in [0.4, 0.5) is 0 Å². The lowest BCUT2D eigenvalue weighted by Crippen LogP contribution is -2.67. The van der Waals surface area contributed by atoms with Gasteiger partial charge in [-0.1, -0.05) is 52.3 Å². The Kier molecular flexibility index (Phi) is 7.45. The third-order valence-corrected chi connectivity index (χ3v) is 11.8. The van der Waals surface area contributed by atoms with Crippen LogP contribution in [0.2, 0.25) is 0 Å². The molecule has 0 amide bonds. The van der Waals surface area contributed by atoms with Crippen LogP contribution in [0.25, 0.3) is 0 Å². The predicted molar refractivity (Wildman–Crippen MR) is 150 cm³/mol. The molecule has 0 aromatic heterocycles. The van der Waals surface area contributed by atoms with E-state index in [1.54, 1.807) is 6.92 Å². The van der Waals surface area contributed by atoms with Gasteiger partial charge in [0.05, 0.1) is 23.9 Å². The molecule has 0 aromatic rings. The molecule has 4 aliphatic carbocycles. The molecule has 0 unspecified atom stereocenters. The number of Topliss-reactive ketones (excluding diaryl/α,β-unsaturated/α-hetero) is 1. The molecule has 0 bridgehead atoms. The van der Waals surface area contributed by atoms with Gasteiger partial charge < -0.3 is 30.3 Å². The summed E-state index contributed by atoms with van der Waals surface area (Å²) in [7, 11) is 0. The van der Waals surface area contributed by atoms with Gasteiger partial charge in [0.2, 0.25) is 0 Å². The number of esters is 1. The highest BCUT2D eigenvalue weighted by atomic mass is 16.6. The molecular formula is C32H48O9. The van der Waals surface area contributed by atoms with Crippen molar-refractivity contribution in [3.8, 4) is 0 Å². The Morgan fingerprint density at radius 3 is 2.15 bits per heavy atom. The Hall–Kier alpha value is -1.91. The van der Waals surface area contributed by atoms with Crippen LogP contribution < -0.4 is 0 Å². The largest absolute Gasteiger partial charge is 0.459 e. The van der Waals surface area contributed by atoms with Gasteiger partial charge in [0.1, 0.15) is 17.5 Å². The number of allylic oxidation sites excluding steroid dienone is 1. The maximum atomic E-state index is 14.5. The van der Waals surface area contributed by atoms with E-state index in [1.807, 2.05) is 33.8 Å². The van der Waals surface area contributed by atoms with Crippen molar-refractivity contribution in [1.29, 1.82) is 0 Å². The Balaban J connectivity index is 1.90. The molecule has 3 fully saturated rings. The number of aliphatic hydroxyl groups is 5. The number of hydrogen-bond donors (Lipinski definition) is 5. The molecule has 4 rings (SSSR count). The number of aliphatic hydroxyl groups excluding tert-OH is 3. The number of hydrogen-bond acceptors (Lipinski definition) is 9. The van der Waals surface area contributed by atoms with Crippen LogP contribution in [0.15, 0.2) is 23.8 Å². The second-order valence-corrected chi connectivity index (χ2v) is 15.0. The molecule has 0 aromatic carbocycles. The minimum atomic E-state index is -2.16. The van der Waals surface area contributed by atoms with Gasteiger partial charge in [-0.25, -0.2) is 0 Å². The summed E-state index contributed by atoms with van der Waals surface area (Å²) in [6.45, 7) is 14.7. The predicted octanol–water partition coefficient (Wildman–Crippen LogP) is 2.26. The van der Waals surface area contributed by atoms with Crippen molar-refractivity contribution in [2.24, 2.45) is 39.4 Å². The third-order valence-electron chi connectivity index (χ3n) is 11.8. The number of ketones is 2. The summed E-state index contributed by atoms with van der Waals surface area (Å²) in [5.74, 6) is -3.56. The zero-order chi connectivity index (χ0) is 31.3. The molecule has 5 N–H and O–H groups in total. The van der Waals surface area contributed by atoms with Gasteiger partial charge in [0.25, 0.3) is 0 Å². The zero-order valence-corrected chi connectivity index (χ0v) is 25.8. The number of carbonyl (C=O) groups is 3. The average molecular weight is 577 g/mol. The van der Waals surface area contributed by atoms with E-state index in [1.165, 1.54) is 33.8 Å². The third kappa shape index (κ3) is 4.33. The van der Waals surface area contributed by atoms with Crippen molar-refractivity contribution in [2.45, 2.75) is 117 Å². The Bertz CT molecular complexity index is 1190. The molecule has 0 radical (unpaired) electrons. The van der Waals surface area contributed by atoms with E-state index in [2.05, 4.69) is 0 Å². The van der Waals surface area contributed by atoms with Crippen molar-refractivity contribution < 1.29 is 44.7 Å². The van der Waals surface area contributed by atoms with E-state index in [-0.39, 0.29) is 24.5 Å². The fourth-order valence-electron chi connectivity index (χ4n) is 9.41. The van der Waals surface area contributed by atoms with Gasteiger partial charge in [-0.3, -0.25) is 14.4 Å². The first-order chi connectivity index (χ1) is 18.5. The fraction of sp³-hybridized carbons (Fsp3) is 0.781. The Morgan fingerprint density at radius 1 is 1.02 bits per heavy atom. The Labute approximate surface area is 242 Å². The minimum Gasteiger partial charge on any atom is -0.459 e. The number of rotatable bonds is 5. The summed E-state index contributed by atoms with van der Waals surface area (Å²) in [4.78, 5) is 40.3. The van der Waals surface area contributed by atoms with Gasteiger partial charge in [0.15, 0.2) is 5.78 Å². The molecular weight excluding hydrogens is 528 g/mol. The molecule has 0 saturated heterocycles. The summed E-state index contributed by atoms with van der Waals surface area (Å²) in [6.07, 6.45) is 0.224. The summed E-state index contributed by atoms with van der Waals surface area (Å²) in [6, 6.07) is 0. The van der Waals surface area contributed by atoms with Crippen molar-refractivity contribution in [1.82, 2.24) is 0 Å². The molecule has 0 aliphatic heterocycles. The standard InChI is InChI=1S/C32H48O9/c1-16(33)41-23-24(32(9,40)21(35)12-13-27(2,3)39)29(6)15-22(36)30(7)18-14-19(34)25(37)28(4,5)17(18)10-11-20(30)31(29,8)26(23)38/h10,12-13,18-20,23-26,34,37-40H,11,14-15H2,1-9H3/b13-12+/t18-,19+,20-,23+,24+,25-,26+,29-,30+,31-,32+/m1/s1. The smallest absolute Gasteiger partial charge is 0.303 e. The van der Waals surface area contributed by atoms with E-state index in [0.29, 0.717) is 6.42 Å². The highest BCUT2D eigenvalue weighted by Crippen LogP contribution is 2.74.